The molecule has 0 fully saturated rings. The molecule has 0 aliphatic rings. The van der Waals surface area contributed by atoms with Gasteiger partial charge in [-0.15, -0.1) is 0 Å². The van der Waals surface area contributed by atoms with Crippen LogP contribution in [0.3, 0.4) is 0 Å². The lowest BCUT2D eigenvalue weighted by molar-refractivity contribution is -0.118. The van der Waals surface area contributed by atoms with Gasteiger partial charge in [0.25, 0.3) is 11.5 Å². The summed E-state index contributed by atoms with van der Waals surface area (Å²) in [5, 5.41) is 8.41. The number of fused-ring (bicyclic) bond motifs is 2. The van der Waals surface area contributed by atoms with Gasteiger partial charge < -0.3 is 19.2 Å². The molecule has 2 heterocycles. The van der Waals surface area contributed by atoms with E-state index >= 15 is 0 Å². The summed E-state index contributed by atoms with van der Waals surface area (Å²) in [4.78, 5) is 30.9. The highest BCUT2D eigenvalue weighted by atomic mass is 35.5. The number of para-hydroxylation sites is 3. The van der Waals surface area contributed by atoms with Crippen LogP contribution in [0.4, 0.5) is 10.1 Å². The quantitative estimate of drug-likeness (QED) is 0.201. The third-order valence-electron chi connectivity index (χ3n) is 6.48. The molecule has 2 aromatic heterocycles. The Morgan fingerprint density at radius 2 is 1.84 bits per heavy atom. The largest absolute Gasteiger partial charge is 0.493 e. The zero-order valence-corrected chi connectivity index (χ0v) is 23.3. The van der Waals surface area contributed by atoms with Gasteiger partial charge in [0.15, 0.2) is 23.9 Å². The highest BCUT2D eigenvalue weighted by molar-refractivity contribution is 6.31. The first-order valence-electron chi connectivity index (χ1n) is 13.0. The van der Waals surface area contributed by atoms with E-state index in [4.69, 9.17) is 25.5 Å². The van der Waals surface area contributed by atoms with Crippen molar-refractivity contribution >= 4 is 51.3 Å². The fourth-order valence-corrected chi connectivity index (χ4v) is 4.70. The van der Waals surface area contributed by atoms with Crippen LogP contribution < -0.4 is 20.3 Å². The van der Waals surface area contributed by atoms with Crippen molar-refractivity contribution < 1.29 is 23.1 Å². The van der Waals surface area contributed by atoms with Gasteiger partial charge in [-0.3, -0.25) is 9.59 Å². The Bertz CT molecular complexity index is 2060. The summed E-state index contributed by atoms with van der Waals surface area (Å²) >= 11 is 6.34. The van der Waals surface area contributed by atoms with Gasteiger partial charge in [-0.25, -0.2) is 9.37 Å². The van der Waals surface area contributed by atoms with E-state index < -0.39 is 23.9 Å². The molecule has 43 heavy (non-hydrogen) atoms. The van der Waals surface area contributed by atoms with Crippen LogP contribution in [0, 0.1) is 5.82 Å². The third-order valence-corrected chi connectivity index (χ3v) is 6.69. The number of carbonyl (C=O) groups is 1. The van der Waals surface area contributed by atoms with E-state index in [0.717, 1.165) is 10.1 Å². The van der Waals surface area contributed by atoms with Gasteiger partial charge in [-0.1, -0.05) is 54.1 Å². The monoisotopic (exact) mass is 596 g/mol. The lowest BCUT2D eigenvalue weighted by atomic mass is 10.2. The van der Waals surface area contributed by atoms with E-state index in [2.05, 4.69) is 15.4 Å². The number of hydrogen-bond donors (Lipinski definition) is 1. The van der Waals surface area contributed by atoms with Gasteiger partial charge in [-0.2, -0.15) is 9.78 Å². The Morgan fingerprint density at radius 3 is 2.65 bits per heavy atom. The number of nitrogens with one attached hydrogen (secondary N) is 1. The Kier molecular flexibility index (Phi) is 7.59. The van der Waals surface area contributed by atoms with Crippen LogP contribution in [0.1, 0.15) is 5.56 Å². The van der Waals surface area contributed by atoms with Gasteiger partial charge in [0.2, 0.25) is 5.82 Å². The number of methoxy groups -OCH3 is 1. The molecule has 6 rings (SSSR count). The summed E-state index contributed by atoms with van der Waals surface area (Å²) < 4.78 is 32.4. The van der Waals surface area contributed by atoms with Crippen LogP contribution in [-0.2, 0) is 4.79 Å². The molecule has 1 N–H and O–H groups in total. The molecule has 4 aromatic carbocycles. The molecule has 0 atom stereocenters. The van der Waals surface area contributed by atoms with E-state index in [1.807, 2.05) is 24.3 Å². The van der Waals surface area contributed by atoms with Crippen molar-refractivity contribution in [1.82, 2.24) is 9.66 Å². The number of anilines is 1. The second-order valence-electron chi connectivity index (χ2n) is 9.31. The number of furan rings is 1. The van der Waals surface area contributed by atoms with Crippen LogP contribution in [0.25, 0.3) is 33.5 Å². The zero-order valence-electron chi connectivity index (χ0n) is 22.6. The molecule has 0 radical (unpaired) electrons. The van der Waals surface area contributed by atoms with Crippen LogP contribution in [0.5, 0.6) is 11.5 Å². The number of rotatable bonds is 8. The number of hydrogen-bond acceptors (Lipinski definition) is 7. The second kappa shape index (κ2) is 11.8. The zero-order chi connectivity index (χ0) is 29.9. The minimum Gasteiger partial charge on any atom is -0.493 e. The molecule has 0 saturated carbocycles. The van der Waals surface area contributed by atoms with Crippen molar-refractivity contribution in [3.8, 4) is 23.1 Å². The van der Waals surface area contributed by atoms with Crippen molar-refractivity contribution in [2.45, 2.75) is 0 Å². The summed E-state index contributed by atoms with van der Waals surface area (Å²) in [5.74, 6) is -0.321. The van der Waals surface area contributed by atoms with Gasteiger partial charge in [0.05, 0.1) is 29.9 Å². The lowest BCUT2D eigenvalue weighted by Gasteiger charge is -2.14. The number of benzene rings is 4. The molecule has 9 nitrogen and oxygen atoms in total. The first-order chi connectivity index (χ1) is 20.9. The first kappa shape index (κ1) is 27.7. The molecule has 11 heteroatoms. The maximum absolute atomic E-state index is 14.0. The average molecular weight is 597 g/mol. The maximum atomic E-state index is 14.0. The van der Waals surface area contributed by atoms with Gasteiger partial charge in [-0.05, 0) is 42.5 Å². The molecule has 0 bridgehead atoms. The summed E-state index contributed by atoms with van der Waals surface area (Å²) in [7, 11) is 1.41. The van der Waals surface area contributed by atoms with E-state index in [-0.39, 0.29) is 23.0 Å². The molecule has 1 amide bonds. The maximum Gasteiger partial charge on any atom is 0.282 e. The second-order valence-corrected chi connectivity index (χ2v) is 9.74. The summed E-state index contributed by atoms with van der Waals surface area (Å²) in [6.45, 7) is -0.477. The SMILES string of the molecule is COc1cc(Cl)cc(C=Nn2c(-c3cc4ccccc4o3)nc3ccccc3c2=O)c1OCC(=O)Nc1ccccc1F. The van der Waals surface area contributed by atoms with E-state index in [1.54, 1.807) is 36.4 Å². The highest BCUT2D eigenvalue weighted by Crippen LogP contribution is 2.34. The van der Waals surface area contributed by atoms with Crippen molar-refractivity contribution in [2.75, 3.05) is 19.0 Å². The van der Waals surface area contributed by atoms with Crippen LogP contribution in [0.15, 0.2) is 105 Å². The number of halogens is 2. The molecule has 6 aromatic rings. The Labute approximate surface area is 248 Å². The number of nitrogens with zero attached hydrogens (tertiary/aromatic N) is 3. The summed E-state index contributed by atoms with van der Waals surface area (Å²) in [5.41, 5.74) is 0.988. The predicted octanol–water partition coefficient (Wildman–Crippen LogP) is 6.51. The molecule has 0 saturated heterocycles. The topological polar surface area (TPSA) is 108 Å². The molecule has 214 valence electrons. The standard InChI is InChI=1S/C32H22ClFN4O5/c1-41-27-16-21(33)14-20(30(27)42-18-29(39)36-25-12-6-4-10-23(25)34)17-35-38-31(28-15-19-8-2-7-13-26(19)43-28)37-24-11-5-3-9-22(24)32(38)40/h2-17H,18H2,1H3,(H,36,39). The van der Waals surface area contributed by atoms with E-state index in [1.165, 1.54) is 43.7 Å². The van der Waals surface area contributed by atoms with Crippen molar-refractivity contribution in [2.24, 2.45) is 5.10 Å². The molecule has 0 aliphatic carbocycles. The number of carbonyl (C=O) groups excluding carboxylic acids is 1. The van der Waals surface area contributed by atoms with Gasteiger partial charge in [0.1, 0.15) is 11.4 Å². The highest BCUT2D eigenvalue weighted by Gasteiger charge is 2.18. The third kappa shape index (κ3) is 5.68. The van der Waals surface area contributed by atoms with Crippen LogP contribution in [0.2, 0.25) is 5.02 Å². The van der Waals surface area contributed by atoms with Gasteiger partial charge >= 0.3 is 0 Å². The fourth-order valence-electron chi connectivity index (χ4n) is 4.48. The minimum absolute atomic E-state index is 0.0160. The number of ether oxygens (including phenoxy) is 2. The molecular formula is C32H22ClFN4O5. The smallest absolute Gasteiger partial charge is 0.282 e. The Balaban J connectivity index is 1.40. The van der Waals surface area contributed by atoms with Crippen LogP contribution >= 0.6 is 11.6 Å². The van der Waals surface area contributed by atoms with E-state index in [9.17, 15) is 14.0 Å². The van der Waals surface area contributed by atoms with Crippen molar-refractivity contribution in [3.63, 3.8) is 0 Å². The first-order valence-corrected chi connectivity index (χ1v) is 13.4. The number of aromatic nitrogens is 2. The molecule has 0 aliphatic heterocycles. The normalized spacial score (nSPS) is 11.3. The lowest BCUT2D eigenvalue weighted by Crippen LogP contribution is -2.21. The molecule has 0 spiro atoms. The fraction of sp³-hybridized carbons (Fsp3) is 0.0625. The van der Waals surface area contributed by atoms with Crippen molar-refractivity contribution in [3.05, 3.63) is 118 Å². The summed E-state index contributed by atoms with van der Waals surface area (Å²) in [6, 6.07) is 24.9. The molecular weight excluding hydrogens is 575 g/mol. The van der Waals surface area contributed by atoms with Crippen LogP contribution in [-0.4, -0.2) is 35.5 Å². The molecule has 0 unspecified atom stereocenters. The average Bonchev–Trinajstić information content (AvgIpc) is 3.45. The van der Waals surface area contributed by atoms with E-state index in [0.29, 0.717) is 32.8 Å². The van der Waals surface area contributed by atoms with Crippen molar-refractivity contribution in [1.29, 1.82) is 0 Å². The Morgan fingerprint density at radius 1 is 1.07 bits per heavy atom. The van der Waals surface area contributed by atoms with Gasteiger partial charge in [0, 0.05) is 22.0 Å². The number of amides is 1. The Hall–Kier alpha value is -5.48. The summed E-state index contributed by atoms with van der Waals surface area (Å²) in [6.07, 6.45) is 1.35. The minimum atomic E-state index is -0.605. The predicted molar refractivity (Wildman–Crippen MR) is 163 cm³/mol.